The number of rotatable bonds is 6. The summed E-state index contributed by atoms with van der Waals surface area (Å²) >= 11 is 0. The molecular formula is C27H31N3O3S. The fourth-order valence-corrected chi connectivity index (χ4v) is 5.86. The highest BCUT2D eigenvalue weighted by Crippen LogP contribution is 2.24. The highest BCUT2D eigenvalue weighted by Gasteiger charge is 2.29. The van der Waals surface area contributed by atoms with Gasteiger partial charge in [-0.25, -0.2) is 8.42 Å². The molecule has 1 saturated heterocycles. The van der Waals surface area contributed by atoms with Gasteiger partial charge in [0.05, 0.1) is 4.90 Å². The molecule has 0 atom stereocenters. The van der Waals surface area contributed by atoms with Crippen LogP contribution in [0.15, 0.2) is 77.7 Å². The van der Waals surface area contributed by atoms with Gasteiger partial charge in [0.2, 0.25) is 10.0 Å². The number of hydrogen-bond acceptors (Lipinski definition) is 4. The number of sulfonamides is 1. The molecule has 178 valence electrons. The Morgan fingerprint density at radius 1 is 0.882 bits per heavy atom. The number of benzene rings is 3. The Hall–Kier alpha value is -3.00. The van der Waals surface area contributed by atoms with Crippen LogP contribution in [0.5, 0.6) is 0 Å². The van der Waals surface area contributed by atoms with Gasteiger partial charge in [-0.05, 0) is 49.2 Å². The lowest BCUT2D eigenvalue weighted by Crippen LogP contribution is -2.48. The second-order valence-electron chi connectivity index (χ2n) is 8.85. The van der Waals surface area contributed by atoms with Crippen LogP contribution in [0, 0.1) is 13.8 Å². The molecular weight excluding hydrogens is 446 g/mol. The predicted octanol–water partition coefficient (Wildman–Crippen LogP) is 4.09. The maximum absolute atomic E-state index is 13.3. The molecule has 7 heteroatoms. The largest absolute Gasteiger partial charge is 0.311 e. The summed E-state index contributed by atoms with van der Waals surface area (Å²) in [5.41, 5.74) is 4.50. The Morgan fingerprint density at radius 2 is 1.59 bits per heavy atom. The second-order valence-corrected chi connectivity index (χ2v) is 10.8. The lowest BCUT2D eigenvalue weighted by atomic mass is 10.1. The number of carbonyl (C=O) groups excluding carboxylic acids is 1. The fourth-order valence-electron chi connectivity index (χ4n) is 4.39. The third kappa shape index (κ3) is 5.22. The minimum Gasteiger partial charge on any atom is -0.311 e. The topological polar surface area (TPSA) is 60.9 Å². The molecule has 1 fully saturated rings. The second kappa shape index (κ2) is 10.1. The third-order valence-electron chi connectivity index (χ3n) is 6.32. The minimum atomic E-state index is -3.68. The zero-order chi connectivity index (χ0) is 24.3. The molecule has 1 aliphatic rings. The van der Waals surface area contributed by atoms with E-state index < -0.39 is 10.0 Å². The predicted molar refractivity (Wildman–Crippen MR) is 136 cm³/mol. The van der Waals surface area contributed by atoms with Crippen LogP contribution in [-0.2, 0) is 16.6 Å². The molecule has 0 aromatic heterocycles. The number of aryl methyl sites for hydroxylation is 2. The molecule has 0 aliphatic carbocycles. The van der Waals surface area contributed by atoms with Gasteiger partial charge in [-0.1, -0.05) is 54.1 Å². The molecule has 0 N–H and O–H groups in total. The van der Waals surface area contributed by atoms with E-state index in [1.165, 1.54) is 15.9 Å². The van der Waals surface area contributed by atoms with Crippen molar-refractivity contribution in [2.75, 3.05) is 38.1 Å². The van der Waals surface area contributed by atoms with Gasteiger partial charge in [-0.2, -0.15) is 4.31 Å². The zero-order valence-electron chi connectivity index (χ0n) is 19.9. The average Bonchev–Trinajstić information content (AvgIpc) is 2.84. The van der Waals surface area contributed by atoms with E-state index in [9.17, 15) is 13.2 Å². The molecule has 3 aromatic carbocycles. The van der Waals surface area contributed by atoms with E-state index in [1.807, 2.05) is 50.2 Å². The lowest BCUT2D eigenvalue weighted by Gasteiger charge is -2.34. The molecule has 0 radical (unpaired) electrons. The van der Waals surface area contributed by atoms with E-state index in [0.29, 0.717) is 31.7 Å². The molecule has 6 nitrogen and oxygen atoms in total. The van der Waals surface area contributed by atoms with Crippen molar-refractivity contribution >= 4 is 21.6 Å². The first-order valence-electron chi connectivity index (χ1n) is 11.5. The van der Waals surface area contributed by atoms with Crippen LogP contribution >= 0.6 is 0 Å². The normalized spacial score (nSPS) is 15.3. The summed E-state index contributed by atoms with van der Waals surface area (Å²) in [6.07, 6.45) is 0. The van der Waals surface area contributed by atoms with Crippen molar-refractivity contribution in [1.29, 1.82) is 0 Å². The van der Waals surface area contributed by atoms with Crippen molar-refractivity contribution in [2.45, 2.75) is 25.3 Å². The quantitative estimate of drug-likeness (QED) is 0.537. The van der Waals surface area contributed by atoms with Gasteiger partial charge < -0.3 is 4.90 Å². The summed E-state index contributed by atoms with van der Waals surface area (Å²) in [6, 6.07) is 22.5. The Labute approximate surface area is 202 Å². The number of hydrogen-bond donors (Lipinski definition) is 0. The Morgan fingerprint density at radius 3 is 2.26 bits per heavy atom. The van der Waals surface area contributed by atoms with E-state index in [-0.39, 0.29) is 10.8 Å². The van der Waals surface area contributed by atoms with Crippen molar-refractivity contribution < 1.29 is 13.2 Å². The summed E-state index contributed by atoms with van der Waals surface area (Å²) in [5, 5.41) is 0. The molecule has 3 aromatic rings. The molecule has 34 heavy (non-hydrogen) atoms. The van der Waals surface area contributed by atoms with Gasteiger partial charge in [-0.15, -0.1) is 0 Å². The molecule has 0 unspecified atom stereocenters. The van der Waals surface area contributed by atoms with Crippen LogP contribution in [0.3, 0.4) is 0 Å². The number of nitrogens with zero attached hydrogens (tertiary/aromatic N) is 3. The van der Waals surface area contributed by atoms with Crippen molar-refractivity contribution in [3.63, 3.8) is 0 Å². The van der Waals surface area contributed by atoms with E-state index in [2.05, 4.69) is 17.0 Å². The Bertz CT molecular complexity index is 1270. The van der Waals surface area contributed by atoms with Crippen LogP contribution in [0.1, 0.15) is 27.0 Å². The highest BCUT2D eigenvalue weighted by atomic mass is 32.2. The molecule has 0 saturated carbocycles. The summed E-state index contributed by atoms with van der Waals surface area (Å²) in [4.78, 5) is 17.2. The SMILES string of the molecule is Cc1ccc(N(C)C(=O)c2cccc(S(=O)(=O)N3CCN(Cc4ccccc4)CC3)c2)c(C)c1. The first-order chi connectivity index (χ1) is 16.3. The first-order valence-corrected chi connectivity index (χ1v) is 12.9. The fraction of sp³-hybridized carbons (Fsp3) is 0.296. The lowest BCUT2D eigenvalue weighted by molar-refractivity contribution is 0.0992. The highest BCUT2D eigenvalue weighted by molar-refractivity contribution is 7.89. The molecule has 4 rings (SSSR count). The van der Waals surface area contributed by atoms with Gasteiger partial charge in [0.25, 0.3) is 5.91 Å². The van der Waals surface area contributed by atoms with Crippen LogP contribution < -0.4 is 4.90 Å². The molecule has 0 bridgehead atoms. The molecule has 0 spiro atoms. The van der Waals surface area contributed by atoms with Gasteiger partial charge in [-0.3, -0.25) is 9.69 Å². The number of carbonyl (C=O) groups is 1. The van der Waals surface area contributed by atoms with Gasteiger partial charge in [0.1, 0.15) is 0 Å². The van der Waals surface area contributed by atoms with E-state index in [1.54, 1.807) is 30.1 Å². The van der Waals surface area contributed by atoms with Crippen LogP contribution in [0.4, 0.5) is 5.69 Å². The average molecular weight is 478 g/mol. The Kier molecular flexibility index (Phi) is 7.16. The minimum absolute atomic E-state index is 0.156. The van der Waals surface area contributed by atoms with Gasteiger partial charge in [0.15, 0.2) is 0 Å². The summed E-state index contributed by atoms with van der Waals surface area (Å²) < 4.78 is 28.2. The summed E-state index contributed by atoms with van der Waals surface area (Å²) in [5.74, 6) is -0.239. The van der Waals surface area contributed by atoms with E-state index in [0.717, 1.165) is 23.4 Å². The number of anilines is 1. The maximum Gasteiger partial charge on any atom is 0.258 e. The maximum atomic E-state index is 13.3. The Balaban J connectivity index is 1.46. The number of piperazine rings is 1. The standard InChI is InChI=1S/C27H31N3O3S/c1-21-12-13-26(22(2)18-21)28(3)27(31)24-10-7-11-25(19-24)34(32,33)30-16-14-29(15-17-30)20-23-8-5-4-6-9-23/h4-13,18-19H,14-17,20H2,1-3H3. The zero-order valence-corrected chi connectivity index (χ0v) is 20.8. The third-order valence-corrected chi connectivity index (χ3v) is 8.21. The van der Waals surface area contributed by atoms with Crippen molar-refractivity contribution in [2.24, 2.45) is 0 Å². The van der Waals surface area contributed by atoms with Crippen molar-refractivity contribution in [1.82, 2.24) is 9.21 Å². The van der Waals surface area contributed by atoms with Crippen LogP contribution in [0.2, 0.25) is 0 Å². The van der Waals surface area contributed by atoms with Crippen LogP contribution in [-0.4, -0.2) is 56.8 Å². The van der Waals surface area contributed by atoms with Gasteiger partial charge in [0, 0.05) is 51.0 Å². The molecule has 1 heterocycles. The van der Waals surface area contributed by atoms with Crippen molar-refractivity contribution in [3.05, 3.63) is 95.1 Å². The van der Waals surface area contributed by atoms with Gasteiger partial charge >= 0.3 is 0 Å². The monoisotopic (exact) mass is 477 g/mol. The van der Waals surface area contributed by atoms with E-state index >= 15 is 0 Å². The van der Waals surface area contributed by atoms with Crippen LogP contribution in [0.25, 0.3) is 0 Å². The molecule has 1 aliphatic heterocycles. The van der Waals surface area contributed by atoms with Crippen molar-refractivity contribution in [3.8, 4) is 0 Å². The summed E-state index contributed by atoms with van der Waals surface area (Å²) in [7, 11) is -1.97. The summed E-state index contributed by atoms with van der Waals surface area (Å²) in [6.45, 7) is 6.97. The number of amides is 1. The smallest absolute Gasteiger partial charge is 0.258 e. The van der Waals surface area contributed by atoms with E-state index in [4.69, 9.17) is 0 Å². The first kappa shape index (κ1) is 24.1. The molecule has 1 amide bonds.